The second-order valence-corrected chi connectivity index (χ2v) is 10.0. The van der Waals surface area contributed by atoms with Crippen LogP contribution in [0.4, 0.5) is 15.0 Å². The highest BCUT2D eigenvalue weighted by molar-refractivity contribution is 5.84. The van der Waals surface area contributed by atoms with Gasteiger partial charge in [-0.1, -0.05) is 13.8 Å². The first-order chi connectivity index (χ1) is 16.2. The average molecular weight is 491 g/mol. The quantitative estimate of drug-likeness (QED) is 0.398. The SMILES string of the molecule is COC(=O)Nc1cc(-c2ccc(OC(N)C(C)(CC(C)C)C(=O)OC(C)(C)C)c(C)n2)c(F)cn1. The molecule has 2 rings (SSSR count). The van der Waals surface area contributed by atoms with E-state index in [9.17, 15) is 14.0 Å². The lowest BCUT2D eigenvalue weighted by molar-refractivity contribution is -0.174. The Bertz CT molecular complexity index is 1070. The minimum atomic E-state index is -1.11. The van der Waals surface area contributed by atoms with Crippen LogP contribution in [-0.2, 0) is 14.3 Å². The molecule has 0 fully saturated rings. The number of hydrogen-bond acceptors (Lipinski definition) is 8. The van der Waals surface area contributed by atoms with E-state index >= 15 is 0 Å². The zero-order valence-corrected chi connectivity index (χ0v) is 21.6. The third kappa shape index (κ3) is 7.35. The van der Waals surface area contributed by atoms with Gasteiger partial charge in [-0.25, -0.2) is 19.2 Å². The van der Waals surface area contributed by atoms with Crippen LogP contribution in [0.1, 0.15) is 53.7 Å². The van der Waals surface area contributed by atoms with Crippen molar-refractivity contribution in [2.75, 3.05) is 12.4 Å². The van der Waals surface area contributed by atoms with Crippen LogP contribution in [-0.4, -0.2) is 41.0 Å². The molecular weight excluding hydrogens is 455 g/mol. The smallest absolute Gasteiger partial charge is 0.412 e. The van der Waals surface area contributed by atoms with Crippen LogP contribution in [0.2, 0.25) is 0 Å². The summed E-state index contributed by atoms with van der Waals surface area (Å²) in [5.74, 6) is -0.449. The Balaban J connectivity index is 2.33. The van der Waals surface area contributed by atoms with Gasteiger partial charge in [0.15, 0.2) is 12.0 Å². The van der Waals surface area contributed by atoms with Crippen molar-refractivity contribution in [1.29, 1.82) is 0 Å². The van der Waals surface area contributed by atoms with Gasteiger partial charge < -0.3 is 14.2 Å². The van der Waals surface area contributed by atoms with E-state index < -0.39 is 35.1 Å². The highest BCUT2D eigenvalue weighted by atomic mass is 19.1. The Morgan fingerprint density at radius 3 is 2.40 bits per heavy atom. The minimum Gasteiger partial charge on any atom is -0.472 e. The largest absolute Gasteiger partial charge is 0.472 e. The predicted molar refractivity (Wildman–Crippen MR) is 130 cm³/mol. The third-order valence-corrected chi connectivity index (χ3v) is 5.16. The Labute approximate surface area is 205 Å². The van der Waals surface area contributed by atoms with Crippen molar-refractivity contribution in [2.24, 2.45) is 17.1 Å². The fourth-order valence-electron chi connectivity index (χ4n) is 3.51. The summed E-state index contributed by atoms with van der Waals surface area (Å²) in [4.78, 5) is 32.8. The van der Waals surface area contributed by atoms with Crippen LogP contribution in [0.25, 0.3) is 11.3 Å². The van der Waals surface area contributed by atoms with E-state index in [-0.39, 0.29) is 17.3 Å². The van der Waals surface area contributed by atoms with Crippen LogP contribution in [0.5, 0.6) is 5.75 Å². The van der Waals surface area contributed by atoms with Crippen molar-refractivity contribution in [3.63, 3.8) is 0 Å². The molecule has 0 saturated carbocycles. The first-order valence-electron chi connectivity index (χ1n) is 11.3. The number of hydrogen-bond donors (Lipinski definition) is 2. The summed E-state index contributed by atoms with van der Waals surface area (Å²) in [5.41, 5.74) is 5.48. The molecule has 2 atom stereocenters. The number of nitrogens with two attached hydrogens (primary N) is 1. The van der Waals surface area contributed by atoms with Crippen LogP contribution in [0.3, 0.4) is 0 Å². The van der Waals surface area contributed by atoms with Gasteiger partial charge in [-0.05, 0) is 65.2 Å². The summed E-state index contributed by atoms with van der Waals surface area (Å²) in [6.07, 6.45) is -0.312. The average Bonchev–Trinajstić information content (AvgIpc) is 2.74. The maximum absolute atomic E-state index is 14.5. The summed E-state index contributed by atoms with van der Waals surface area (Å²) in [7, 11) is 1.21. The number of carbonyl (C=O) groups excluding carboxylic acids is 2. The summed E-state index contributed by atoms with van der Waals surface area (Å²) < 4.78 is 30.6. The molecule has 9 nitrogen and oxygen atoms in total. The van der Waals surface area contributed by atoms with Gasteiger partial charge in [0, 0.05) is 5.56 Å². The van der Waals surface area contributed by atoms with Gasteiger partial charge in [-0.3, -0.25) is 15.8 Å². The summed E-state index contributed by atoms with van der Waals surface area (Å²) in [5, 5.41) is 2.39. The fraction of sp³-hybridized carbons (Fsp3) is 0.520. The molecule has 192 valence electrons. The van der Waals surface area contributed by atoms with Crippen molar-refractivity contribution in [1.82, 2.24) is 9.97 Å². The van der Waals surface area contributed by atoms with E-state index in [1.54, 1.807) is 46.8 Å². The molecule has 35 heavy (non-hydrogen) atoms. The highest BCUT2D eigenvalue weighted by Crippen LogP contribution is 2.35. The first-order valence-corrected chi connectivity index (χ1v) is 11.3. The number of esters is 1. The zero-order valence-electron chi connectivity index (χ0n) is 21.6. The molecule has 2 heterocycles. The molecule has 0 aromatic carbocycles. The number of halogens is 1. The first kappa shape index (κ1) is 28.0. The Hall–Kier alpha value is -3.27. The molecule has 0 aliphatic carbocycles. The van der Waals surface area contributed by atoms with Crippen molar-refractivity contribution in [3.8, 4) is 17.0 Å². The number of carbonyl (C=O) groups is 2. The van der Waals surface area contributed by atoms with Gasteiger partial charge in [0.25, 0.3) is 0 Å². The number of aryl methyl sites for hydroxylation is 1. The highest BCUT2D eigenvalue weighted by Gasteiger charge is 2.45. The van der Waals surface area contributed by atoms with Gasteiger partial charge in [-0.2, -0.15) is 0 Å². The molecule has 2 unspecified atom stereocenters. The molecular formula is C25H35FN4O5. The maximum Gasteiger partial charge on any atom is 0.412 e. The summed E-state index contributed by atoms with van der Waals surface area (Å²) in [6, 6.07) is 4.51. The summed E-state index contributed by atoms with van der Waals surface area (Å²) in [6.45, 7) is 12.8. The monoisotopic (exact) mass is 490 g/mol. The Morgan fingerprint density at radius 1 is 1.20 bits per heavy atom. The molecule has 0 radical (unpaired) electrons. The van der Waals surface area contributed by atoms with Crippen molar-refractivity contribution < 1.29 is 28.2 Å². The number of aromatic nitrogens is 2. The molecule has 1 amide bonds. The molecule has 3 N–H and O–H groups in total. The molecule has 0 saturated heterocycles. The van der Waals surface area contributed by atoms with E-state index in [4.69, 9.17) is 15.2 Å². The van der Waals surface area contributed by atoms with E-state index in [0.717, 1.165) is 6.20 Å². The van der Waals surface area contributed by atoms with Crippen LogP contribution < -0.4 is 15.8 Å². The number of nitrogens with zero attached hydrogens (tertiary/aromatic N) is 2. The Kier molecular flexibility index (Phi) is 8.78. The van der Waals surface area contributed by atoms with E-state index in [1.165, 1.54) is 13.2 Å². The van der Waals surface area contributed by atoms with E-state index in [2.05, 4.69) is 20.0 Å². The number of amides is 1. The van der Waals surface area contributed by atoms with Crippen LogP contribution in [0.15, 0.2) is 24.4 Å². The number of anilines is 1. The standard InChI is InChI=1S/C25H35FN4O5/c1-14(2)12-25(7,22(31)35-24(4,5)6)21(27)34-19-10-9-18(29-15(19)3)16-11-20(28-13-17(16)26)30-23(32)33-8/h9-11,13-14,21H,12,27H2,1-8H3,(H,28,30,32). The predicted octanol–water partition coefficient (Wildman–Crippen LogP) is 4.83. The lowest BCUT2D eigenvalue weighted by Crippen LogP contribution is -2.52. The van der Waals surface area contributed by atoms with E-state index in [0.29, 0.717) is 23.6 Å². The van der Waals surface area contributed by atoms with Crippen LogP contribution >= 0.6 is 0 Å². The van der Waals surface area contributed by atoms with Gasteiger partial charge in [0.1, 0.15) is 22.6 Å². The topological polar surface area (TPSA) is 126 Å². The minimum absolute atomic E-state index is 0.108. The number of ether oxygens (including phenoxy) is 3. The Morgan fingerprint density at radius 2 is 1.86 bits per heavy atom. The normalized spacial score (nSPS) is 14.1. The molecule has 0 bridgehead atoms. The zero-order chi connectivity index (χ0) is 26.6. The number of pyridine rings is 2. The number of nitrogens with one attached hydrogen (secondary N) is 1. The molecule has 10 heteroatoms. The van der Waals surface area contributed by atoms with Crippen molar-refractivity contribution in [3.05, 3.63) is 35.9 Å². The van der Waals surface area contributed by atoms with E-state index in [1.807, 2.05) is 13.8 Å². The maximum atomic E-state index is 14.5. The molecule has 0 aliphatic rings. The lowest BCUT2D eigenvalue weighted by Gasteiger charge is -2.36. The lowest BCUT2D eigenvalue weighted by atomic mass is 9.80. The third-order valence-electron chi connectivity index (χ3n) is 5.16. The second kappa shape index (κ2) is 11.0. The number of methoxy groups -OCH3 is 1. The number of rotatable bonds is 8. The van der Waals surface area contributed by atoms with Gasteiger partial charge in [0.05, 0.1) is 24.7 Å². The van der Waals surface area contributed by atoms with Crippen molar-refractivity contribution >= 4 is 17.9 Å². The van der Waals surface area contributed by atoms with Gasteiger partial charge in [-0.15, -0.1) is 0 Å². The molecule has 0 aliphatic heterocycles. The molecule has 2 aromatic heterocycles. The molecule has 2 aromatic rings. The molecule has 0 spiro atoms. The van der Waals surface area contributed by atoms with Crippen LogP contribution in [0, 0.1) is 24.1 Å². The van der Waals surface area contributed by atoms with Gasteiger partial charge in [0.2, 0.25) is 0 Å². The van der Waals surface area contributed by atoms with Crippen molar-refractivity contribution in [2.45, 2.75) is 66.7 Å². The van der Waals surface area contributed by atoms with Gasteiger partial charge >= 0.3 is 12.1 Å². The summed E-state index contributed by atoms with van der Waals surface area (Å²) >= 11 is 0. The fourth-order valence-corrected chi connectivity index (χ4v) is 3.51. The second-order valence-electron chi connectivity index (χ2n) is 10.0.